The van der Waals surface area contributed by atoms with Gasteiger partial charge in [-0.3, -0.25) is 4.79 Å². The number of esters is 1. The molecule has 1 aliphatic heterocycles. The molecule has 35 heavy (non-hydrogen) atoms. The standard InChI is InChI=1S/C26H33ClN2O6/c1-3-5-7-9-12-19(28-35-18-23(32)29-13-10-8-11-14-29)16-20-24(26(33)34-15-6-4-2)21(30)17-22(31)25(20)27/h3-4,9,12,17,30-31H,1-2,5-8,10-11,13-16,18H2. The molecule has 0 spiro atoms. The Morgan fingerprint density at radius 2 is 1.80 bits per heavy atom. The highest BCUT2D eigenvalue weighted by atomic mass is 35.5. The fourth-order valence-electron chi connectivity index (χ4n) is 3.53. The molecule has 1 aromatic rings. The van der Waals surface area contributed by atoms with E-state index in [0.29, 0.717) is 31.6 Å². The number of nitrogens with zero attached hydrogens (tertiary/aromatic N) is 2. The number of halogens is 1. The Hall–Kier alpha value is -3.26. The van der Waals surface area contributed by atoms with Crippen molar-refractivity contribution < 1.29 is 29.4 Å². The van der Waals surface area contributed by atoms with Gasteiger partial charge in [-0.2, -0.15) is 0 Å². The highest BCUT2D eigenvalue weighted by Crippen LogP contribution is 2.37. The SMILES string of the molecule is C=CCCC=CC(Cc1c(Cl)c(O)cc(O)c1C(=O)OCCC=C)=NOCC(=O)N1CCCCC1. The van der Waals surface area contributed by atoms with E-state index in [2.05, 4.69) is 18.3 Å². The molecule has 1 amide bonds. The Morgan fingerprint density at radius 1 is 1.09 bits per heavy atom. The molecule has 0 unspecified atom stereocenters. The van der Waals surface area contributed by atoms with Gasteiger partial charge in [-0.05, 0) is 50.2 Å². The van der Waals surface area contributed by atoms with Crippen LogP contribution in [0.1, 0.15) is 54.4 Å². The molecule has 0 aliphatic carbocycles. The lowest BCUT2D eigenvalue weighted by Crippen LogP contribution is -2.37. The lowest BCUT2D eigenvalue weighted by Gasteiger charge is -2.26. The number of ether oxygens (including phenoxy) is 1. The molecular weight excluding hydrogens is 472 g/mol. The summed E-state index contributed by atoms with van der Waals surface area (Å²) in [7, 11) is 0. The zero-order valence-corrected chi connectivity index (χ0v) is 20.6. The smallest absolute Gasteiger partial charge is 0.342 e. The number of aromatic hydroxyl groups is 2. The van der Waals surface area contributed by atoms with Crippen molar-refractivity contribution in [3.05, 3.63) is 59.7 Å². The van der Waals surface area contributed by atoms with E-state index in [-0.39, 0.29) is 41.7 Å². The Morgan fingerprint density at radius 3 is 2.49 bits per heavy atom. The Balaban J connectivity index is 2.28. The summed E-state index contributed by atoms with van der Waals surface area (Å²) < 4.78 is 5.20. The van der Waals surface area contributed by atoms with E-state index in [1.807, 2.05) is 6.08 Å². The molecule has 190 valence electrons. The summed E-state index contributed by atoms with van der Waals surface area (Å²) in [6.45, 7) is 8.53. The maximum atomic E-state index is 12.7. The van der Waals surface area contributed by atoms with E-state index < -0.39 is 17.5 Å². The first-order valence-electron chi connectivity index (χ1n) is 11.6. The van der Waals surface area contributed by atoms with E-state index >= 15 is 0 Å². The van der Waals surface area contributed by atoms with Crippen LogP contribution in [0.25, 0.3) is 0 Å². The van der Waals surface area contributed by atoms with Crippen LogP contribution >= 0.6 is 11.6 Å². The third kappa shape index (κ3) is 8.79. The van der Waals surface area contributed by atoms with Crippen molar-refractivity contribution in [2.24, 2.45) is 5.16 Å². The normalized spacial score (nSPS) is 14.1. The van der Waals surface area contributed by atoms with Gasteiger partial charge >= 0.3 is 5.97 Å². The Bertz CT molecular complexity index is 967. The molecule has 0 radical (unpaired) electrons. The first-order chi connectivity index (χ1) is 16.9. The summed E-state index contributed by atoms with van der Waals surface area (Å²) >= 11 is 6.31. The molecule has 0 aromatic heterocycles. The van der Waals surface area contributed by atoms with Crippen molar-refractivity contribution >= 4 is 29.2 Å². The second-order valence-electron chi connectivity index (χ2n) is 8.04. The van der Waals surface area contributed by atoms with Crippen LogP contribution in [-0.4, -0.2) is 59.0 Å². The predicted molar refractivity (Wildman–Crippen MR) is 136 cm³/mol. The summed E-state index contributed by atoms with van der Waals surface area (Å²) in [5.74, 6) is -1.81. The minimum Gasteiger partial charge on any atom is -0.507 e. The van der Waals surface area contributed by atoms with Gasteiger partial charge in [0.25, 0.3) is 5.91 Å². The maximum absolute atomic E-state index is 12.7. The molecule has 8 nitrogen and oxygen atoms in total. The second-order valence-corrected chi connectivity index (χ2v) is 8.42. The first-order valence-corrected chi connectivity index (χ1v) is 12.0. The van der Waals surface area contributed by atoms with E-state index in [1.165, 1.54) is 0 Å². The summed E-state index contributed by atoms with van der Waals surface area (Å²) in [4.78, 5) is 32.2. The van der Waals surface area contributed by atoms with Crippen LogP contribution < -0.4 is 0 Å². The first kappa shape index (κ1) is 28.0. The summed E-state index contributed by atoms with van der Waals surface area (Å²) in [6, 6.07) is 0.987. The molecule has 1 saturated heterocycles. The van der Waals surface area contributed by atoms with Gasteiger partial charge in [-0.25, -0.2) is 4.79 Å². The molecular formula is C26H33ClN2O6. The largest absolute Gasteiger partial charge is 0.507 e. The summed E-state index contributed by atoms with van der Waals surface area (Å²) in [6.07, 6.45) is 11.7. The van der Waals surface area contributed by atoms with Crippen LogP contribution in [0.3, 0.4) is 0 Å². The molecule has 0 atom stereocenters. The number of likely N-dealkylation sites (tertiary alicyclic amines) is 1. The number of oxime groups is 1. The average Bonchev–Trinajstić information content (AvgIpc) is 2.85. The van der Waals surface area contributed by atoms with Gasteiger partial charge in [0.1, 0.15) is 17.1 Å². The van der Waals surface area contributed by atoms with Crippen LogP contribution in [0.4, 0.5) is 0 Å². The number of rotatable bonds is 13. The lowest BCUT2D eigenvalue weighted by molar-refractivity contribution is -0.137. The van der Waals surface area contributed by atoms with Gasteiger partial charge in [-0.15, -0.1) is 13.2 Å². The molecule has 0 saturated carbocycles. The zero-order chi connectivity index (χ0) is 25.6. The minimum atomic E-state index is -0.794. The molecule has 1 aromatic carbocycles. The Labute approximate surface area is 211 Å². The number of carbonyl (C=O) groups is 2. The number of piperidine rings is 1. The number of allylic oxidation sites excluding steroid dienone is 3. The van der Waals surface area contributed by atoms with E-state index in [1.54, 1.807) is 23.1 Å². The number of hydrogen-bond donors (Lipinski definition) is 2. The third-order valence-corrected chi connectivity index (χ3v) is 5.79. The Kier molecular flexibility index (Phi) is 11.9. The van der Waals surface area contributed by atoms with Gasteiger partial charge in [0, 0.05) is 25.6 Å². The molecule has 9 heteroatoms. The van der Waals surface area contributed by atoms with Crippen molar-refractivity contribution in [1.29, 1.82) is 0 Å². The second kappa shape index (κ2) is 14.9. The van der Waals surface area contributed by atoms with Crippen molar-refractivity contribution in [2.45, 2.75) is 44.9 Å². The predicted octanol–water partition coefficient (Wildman–Crippen LogP) is 4.93. The van der Waals surface area contributed by atoms with Gasteiger partial charge in [0.2, 0.25) is 0 Å². The van der Waals surface area contributed by atoms with E-state index in [0.717, 1.165) is 31.7 Å². The molecule has 2 N–H and O–H groups in total. The van der Waals surface area contributed by atoms with Crippen LogP contribution in [0.5, 0.6) is 11.5 Å². The highest BCUT2D eigenvalue weighted by molar-refractivity contribution is 6.33. The number of unbranched alkanes of at least 4 members (excludes halogenated alkanes) is 1. The molecule has 1 heterocycles. The lowest BCUT2D eigenvalue weighted by atomic mass is 9.99. The van der Waals surface area contributed by atoms with E-state index in [9.17, 15) is 19.8 Å². The minimum absolute atomic E-state index is 0.0603. The molecule has 2 rings (SSSR count). The van der Waals surface area contributed by atoms with Gasteiger partial charge < -0.3 is 24.7 Å². The fraction of sp³-hybridized carbons (Fsp3) is 0.423. The van der Waals surface area contributed by atoms with Gasteiger partial charge in [0.15, 0.2) is 6.61 Å². The number of benzene rings is 1. The maximum Gasteiger partial charge on any atom is 0.342 e. The van der Waals surface area contributed by atoms with Crippen LogP contribution in [0, 0.1) is 0 Å². The van der Waals surface area contributed by atoms with Crippen molar-refractivity contribution in [2.75, 3.05) is 26.3 Å². The topological polar surface area (TPSA) is 109 Å². The number of hydrogen-bond acceptors (Lipinski definition) is 7. The van der Waals surface area contributed by atoms with Crippen molar-refractivity contribution in [3.8, 4) is 11.5 Å². The number of carbonyl (C=O) groups excluding carboxylic acids is 2. The molecule has 0 bridgehead atoms. The van der Waals surface area contributed by atoms with Crippen LogP contribution in [0.15, 0.2) is 48.7 Å². The number of phenolic OH excluding ortho intramolecular Hbond substituents is 2. The average molecular weight is 505 g/mol. The van der Waals surface area contributed by atoms with Gasteiger partial charge in [-0.1, -0.05) is 35.0 Å². The zero-order valence-electron chi connectivity index (χ0n) is 19.9. The highest BCUT2D eigenvalue weighted by Gasteiger charge is 2.24. The number of amides is 1. The monoisotopic (exact) mass is 504 g/mol. The van der Waals surface area contributed by atoms with E-state index in [4.69, 9.17) is 21.2 Å². The summed E-state index contributed by atoms with van der Waals surface area (Å²) in [5.41, 5.74) is 0.298. The van der Waals surface area contributed by atoms with Crippen LogP contribution in [0.2, 0.25) is 5.02 Å². The fourth-order valence-corrected chi connectivity index (χ4v) is 3.74. The molecule has 1 aliphatic rings. The van der Waals surface area contributed by atoms with Gasteiger partial charge in [0.05, 0.1) is 17.3 Å². The number of phenols is 2. The van der Waals surface area contributed by atoms with Crippen LogP contribution in [-0.2, 0) is 20.8 Å². The third-order valence-electron chi connectivity index (χ3n) is 5.36. The van der Waals surface area contributed by atoms with Crippen molar-refractivity contribution in [1.82, 2.24) is 4.90 Å². The summed E-state index contributed by atoms with van der Waals surface area (Å²) in [5, 5.41) is 24.5. The molecule has 1 fully saturated rings. The quantitative estimate of drug-likeness (QED) is 0.129. The van der Waals surface area contributed by atoms with Crippen molar-refractivity contribution in [3.63, 3.8) is 0 Å².